The molecule has 124 valence electrons. The molecule has 4 rings (SSSR count). The van der Waals surface area contributed by atoms with E-state index in [1.165, 1.54) is 22.3 Å². The SMILES string of the molecule is C=C1c2cc(OC)c(OC)cc2C2CN(Cc3ccccc3)CC12. The van der Waals surface area contributed by atoms with Crippen molar-refractivity contribution in [1.82, 2.24) is 4.90 Å². The lowest BCUT2D eigenvalue weighted by atomic mass is 9.95. The second-order valence-electron chi connectivity index (χ2n) is 6.71. The standard InChI is InChI=1S/C21H23NO2/c1-14-16-9-20(23-2)21(24-3)10-17(16)19-13-22(12-18(14)19)11-15-7-5-4-6-8-15/h4-10,18-19H,1,11-13H2,2-3H3. The molecule has 2 aromatic rings. The fraction of sp³-hybridized carbons (Fsp3) is 0.333. The van der Waals surface area contributed by atoms with Crippen molar-refractivity contribution in [2.45, 2.75) is 12.5 Å². The van der Waals surface area contributed by atoms with Crippen LogP contribution in [0.2, 0.25) is 0 Å². The van der Waals surface area contributed by atoms with Gasteiger partial charge in [-0.15, -0.1) is 0 Å². The summed E-state index contributed by atoms with van der Waals surface area (Å²) in [6.45, 7) is 7.53. The molecule has 1 saturated heterocycles. The summed E-state index contributed by atoms with van der Waals surface area (Å²) in [6, 6.07) is 14.9. The summed E-state index contributed by atoms with van der Waals surface area (Å²) in [5.74, 6) is 2.61. The van der Waals surface area contributed by atoms with Crippen LogP contribution in [0.1, 0.15) is 22.6 Å². The van der Waals surface area contributed by atoms with Gasteiger partial charge < -0.3 is 9.47 Å². The maximum atomic E-state index is 5.50. The molecular weight excluding hydrogens is 298 g/mol. The number of methoxy groups -OCH3 is 2. The van der Waals surface area contributed by atoms with Crippen LogP contribution in [0.3, 0.4) is 0 Å². The zero-order valence-electron chi connectivity index (χ0n) is 14.3. The molecule has 1 aliphatic heterocycles. The van der Waals surface area contributed by atoms with Crippen molar-refractivity contribution in [2.24, 2.45) is 5.92 Å². The molecule has 3 heteroatoms. The van der Waals surface area contributed by atoms with Gasteiger partial charge in [-0.3, -0.25) is 4.90 Å². The monoisotopic (exact) mass is 321 g/mol. The summed E-state index contributed by atoms with van der Waals surface area (Å²) < 4.78 is 11.0. The molecule has 0 aromatic heterocycles. The molecule has 2 aromatic carbocycles. The summed E-state index contributed by atoms with van der Waals surface area (Å²) in [5, 5.41) is 0. The van der Waals surface area contributed by atoms with Crippen LogP contribution in [-0.2, 0) is 6.54 Å². The molecule has 0 N–H and O–H groups in total. The Hall–Kier alpha value is -2.26. The van der Waals surface area contributed by atoms with E-state index in [1.54, 1.807) is 14.2 Å². The molecule has 0 amide bonds. The van der Waals surface area contributed by atoms with Gasteiger partial charge in [-0.1, -0.05) is 36.9 Å². The van der Waals surface area contributed by atoms with Crippen LogP contribution in [0.5, 0.6) is 11.5 Å². The highest BCUT2D eigenvalue weighted by Gasteiger charge is 2.42. The normalized spacial score (nSPS) is 22.3. The fourth-order valence-electron chi connectivity index (χ4n) is 4.20. The van der Waals surface area contributed by atoms with Crippen molar-refractivity contribution in [3.8, 4) is 11.5 Å². The number of fused-ring (bicyclic) bond motifs is 3. The number of rotatable bonds is 4. The van der Waals surface area contributed by atoms with Crippen molar-refractivity contribution >= 4 is 5.57 Å². The van der Waals surface area contributed by atoms with Gasteiger partial charge in [-0.25, -0.2) is 0 Å². The van der Waals surface area contributed by atoms with E-state index in [9.17, 15) is 0 Å². The fourth-order valence-corrected chi connectivity index (χ4v) is 4.20. The van der Waals surface area contributed by atoms with Gasteiger partial charge in [0.15, 0.2) is 11.5 Å². The Balaban J connectivity index is 1.61. The molecule has 2 aliphatic rings. The van der Waals surface area contributed by atoms with E-state index in [4.69, 9.17) is 9.47 Å². The van der Waals surface area contributed by atoms with Gasteiger partial charge in [0, 0.05) is 31.5 Å². The highest BCUT2D eigenvalue weighted by Crippen LogP contribution is 2.52. The minimum absolute atomic E-state index is 0.500. The van der Waals surface area contributed by atoms with Gasteiger partial charge in [-0.05, 0) is 34.4 Å². The van der Waals surface area contributed by atoms with E-state index < -0.39 is 0 Å². The van der Waals surface area contributed by atoms with Gasteiger partial charge in [0.25, 0.3) is 0 Å². The van der Waals surface area contributed by atoms with Crippen molar-refractivity contribution in [3.63, 3.8) is 0 Å². The summed E-state index contributed by atoms with van der Waals surface area (Å²) in [7, 11) is 3.38. The van der Waals surface area contributed by atoms with Gasteiger partial charge in [0.1, 0.15) is 0 Å². The van der Waals surface area contributed by atoms with Gasteiger partial charge in [0.05, 0.1) is 14.2 Å². The quantitative estimate of drug-likeness (QED) is 0.851. The Kier molecular flexibility index (Phi) is 3.81. The van der Waals surface area contributed by atoms with E-state index in [2.05, 4.69) is 53.9 Å². The van der Waals surface area contributed by atoms with Crippen LogP contribution in [0.25, 0.3) is 5.57 Å². The third kappa shape index (κ3) is 2.40. The van der Waals surface area contributed by atoms with E-state index in [0.29, 0.717) is 11.8 Å². The predicted octanol–water partition coefficient (Wildman–Crippen LogP) is 3.95. The van der Waals surface area contributed by atoms with Crippen LogP contribution < -0.4 is 9.47 Å². The van der Waals surface area contributed by atoms with E-state index >= 15 is 0 Å². The van der Waals surface area contributed by atoms with Crippen molar-refractivity contribution < 1.29 is 9.47 Å². The lowest BCUT2D eigenvalue weighted by Gasteiger charge is -2.18. The molecule has 0 saturated carbocycles. The molecule has 3 nitrogen and oxygen atoms in total. The second kappa shape index (κ2) is 5.99. The highest BCUT2D eigenvalue weighted by molar-refractivity contribution is 5.77. The minimum atomic E-state index is 0.500. The van der Waals surface area contributed by atoms with E-state index in [0.717, 1.165) is 31.1 Å². The second-order valence-corrected chi connectivity index (χ2v) is 6.71. The summed E-state index contributed by atoms with van der Waals surface area (Å²) in [4.78, 5) is 2.54. The first-order chi connectivity index (χ1) is 11.7. The maximum absolute atomic E-state index is 5.50. The number of likely N-dealkylation sites (tertiary alicyclic amines) is 1. The molecule has 1 fully saturated rings. The first-order valence-electron chi connectivity index (χ1n) is 8.42. The molecule has 2 atom stereocenters. The first kappa shape index (κ1) is 15.3. The first-order valence-corrected chi connectivity index (χ1v) is 8.42. The summed E-state index contributed by atoms with van der Waals surface area (Å²) in [6.07, 6.45) is 0. The Morgan fingerprint density at radius 2 is 1.67 bits per heavy atom. The zero-order valence-corrected chi connectivity index (χ0v) is 14.3. The van der Waals surface area contributed by atoms with Gasteiger partial charge >= 0.3 is 0 Å². The van der Waals surface area contributed by atoms with Crippen LogP contribution in [-0.4, -0.2) is 32.2 Å². The number of benzene rings is 2. The summed E-state index contributed by atoms with van der Waals surface area (Å²) >= 11 is 0. The topological polar surface area (TPSA) is 21.7 Å². The molecular formula is C21H23NO2. The van der Waals surface area contributed by atoms with Gasteiger partial charge in [0.2, 0.25) is 0 Å². The Morgan fingerprint density at radius 1 is 1.00 bits per heavy atom. The average Bonchev–Trinajstić information content (AvgIpc) is 3.13. The number of ether oxygens (including phenoxy) is 2. The molecule has 0 radical (unpaired) electrons. The molecule has 1 aliphatic carbocycles. The van der Waals surface area contributed by atoms with Crippen molar-refractivity contribution in [3.05, 3.63) is 65.7 Å². The maximum Gasteiger partial charge on any atom is 0.161 e. The Morgan fingerprint density at radius 3 is 2.38 bits per heavy atom. The van der Waals surface area contributed by atoms with E-state index in [-0.39, 0.29) is 0 Å². The number of nitrogens with zero attached hydrogens (tertiary/aromatic N) is 1. The smallest absolute Gasteiger partial charge is 0.161 e. The lowest BCUT2D eigenvalue weighted by molar-refractivity contribution is 0.321. The van der Waals surface area contributed by atoms with Crippen LogP contribution in [0, 0.1) is 5.92 Å². The molecule has 0 bridgehead atoms. The van der Waals surface area contributed by atoms with Gasteiger partial charge in [-0.2, -0.15) is 0 Å². The number of hydrogen-bond donors (Lipinski definition) is 0. The van der Waals surface area contributed by atoms with E-state index in [1.807, 2.05) is 0 Å². The predicted molar refractivity (Wildman–Crippen MR) is 96.5 cm³/mol. The third-order valence-corrected chi connectivity index (χ3v) is 5.39. The Labute approximate surface area is 143 Å². The lowest BCUT2D eigenvalue weighted by Crippen LogP contribution is -2.21. The molecule has 1 heterocycles. The average molecular weight is 321 g/mol. The van der Waals surface area contributed by atoms with Crippen molar-refractivity contribution in [2.75, 3.05) is 27.3 Å². The molecule has 2 unspecified atom stereocenters. The van der Waals surface area contributed by atoms with Crippen LogP contribution >= 0.6 is 0 Å². The largest absolute Gasteiger partial charge is 0.493 e. The van der Waals surface area contributed by atoms with Crippen molar-refractivity contribution in [1.29, 1.82) is 0 Å². The molecule has 0 spiro atoms. The summed E-state index contributed by atoms with van der Waals surface area (Å²) in [5.41, 5.74) is 5.22. The third-order valence-electron chi connectivity index (χ3n) is 5.39. The molecule has 24 heavy (non-hydrogen) atoms. The Bertz CT molecular complexity index is 769. The number of hydrogen-bond acceptors (Lipinski definition) is 3. The zero-order chi connectivity index (χ0) is 16.7. The van der Waals surface area contributed by atoms with Crippen LogP contribution in [0.15, 0.2) is 49.0 Å². The minimum Gasteiger partial charge on any atom is -0.493 e. The highest BCUT2D eigenvalue weighted by atomic mass is 16.5. The van der Waals surface area contributed by atoms with Crippen LogP contribution in [0.4, 0.5) is 0 Å².